The second-order valence-electron chi connectivity index (χ2n) is 14.6. The van der Waals surface area contributed by atoms with Gasteiger partial charge in [0.05, 0.1) is 12.7 Å². The highest BCUT2D eigenvalue weighted by atomic mass is 16.6. The Kier molecular flexibility index (Phi) is 8.10. The van der Waals surface area contributed by atoms with E-state index in [1.807, 2.05) is 42.6 Å². The van der Waals surface area contributed by atoms with Crippen LogP contribution in [0.5, 0.6) is 5.88 Å². The summed E-state index contributed by atoms with van der Waals surface area (Å²) in [4.78, 5) is 17.4. The van der Waals surface area contributed by atoms with Gasteiger partial charge in [-0.1, -0.05) is 80.6 Å². The van der Waals surface area contributed by atoms with E-state index in [2.05, 4.69) is 67.4 Å². The number of fused-ring (bicyclic) bond motifs is 5. The fraction of sp³-hybridized carbons (Fsp3) is 0.500. The van der Waals surface area contributed by atoms with Crippen molar-refractivity contribution in [1.29, 1.82) is 0 Å². The number of allylic oxidation sites excluding steroid dienone is 1. The lowest BCUT2D eigenvalue weighted by atomic mass is 9.44. The van der Waals surface area contributed by atoms with Crippen molar-refractivity contribution in [2.75, 3.05) is 0 Å². The molecule has 0 spiro atoms. The third-order valence-corrected chi connectivity index (χ3v) is 12.3. The molecule has 5 nitrogen and oxygen atoms in total. The number of carbonyl (C=O) groups is 1. The maximum Gasteiger partial charge on any atom is 0.303 e. The summed E-state index contributed by atoms with van der Waals surface area (Å²) in [6.45, 7) is 7.65. The molecule has 1 aromatic heterocycles. The van der Waals surface area contributed by atoms with Crippen molar-refractivity contribution in [2.24, 2.45) is 34.5 Å². The molecule has 0 saturated heterocycles. The monoisotopic (exact) mass is 605 g/mol. The van der Waals surface area contributed by atoms with Gasteiger partial charge < -0.3 is 14.2 Å². The van der Waals surface area contributed by atoms with Crippen molar-refractivity contribution in [3.05, 3.63) is 108 Å². The van der Waals surface area contributed by atoms with Crippen LogP contribution in [-0.2, 0) is 33.1 Å². The Morgan fingerprint density at radius 3 is 2.29 bits per heavy atom. The molecule has 2 aromatic carbocycles. The zero-order valence-electron chi connectivity index (χ0n) is 27.0. The molecule has 0 amide bonds. The molecular weight excluding hydrogens is 558 g/mol. The van der Waals surface area contributed by atoms with Gasteiger partial charge in [0.25, 0.3) is 0 Å². The highest BCUT2D eigenvalue weighted by molar-refractivity contribution is 5.67. The molecule has 5 heteroatoms. The number of hydrogen-bond donors (Lipinski definition) is 0. The number of ether oxygens (including phenoxy) is 3. The van der Waals surface area contributed by atoms with Crippen LogP contribution in [0.4, 0.5) is 0 Å². The summed E-state index contributed by atoms with van der Waals surface area (Å²) < 4.78 is 18.8. The van der Waals surface area contributed by atoms with Crippen LogP contribution in [0.3, 0.4) is 0 Å². The van der Waals surface area contributed by atoms with Crippen LogP contribution in [0.1, 0.15) is 82.4 Å². The quantitative estimate of drug-likeness (QED) is 0.190. The van der Waals surface area contributed by atoms with E-state index in [0.29, 0.717) is 54.3 Å². The molecule has 0 unspecified atom stereocenters. The van der Waals surface area contributed by atoms with Crippen LogP contribution in [0.25, 0.3) is 0 Å². The van der Waals surface area contributed by atoms with E-state index in [0.717, 1.165) is 30.4 Å². The summed E-state index contributed by atoms with van der Waals surface area (Å²) in [5.74, 6) is 2.64. The third-order valence-electron chi connectivity index (χ3n) is 12.3. The number of rotatable bonds is 8. The SMILES string of the molecule is CC(=O)O[C@@]1(c2ccc(OCc3ccccc3)nc2)C=C[C@H]2[C@@H]3CC[C@@H]4C[C@@H](OCc5ccccc5)CC[C@]4(C)[C@H]3CC[C@@]21C. The standard InChI is InChI=1S/C40H47NO4/c1-28(42)45-40(32-15-17-37(41-25-32)44-27-30-12-8-5-9-13-30)23-20-36-34-16-14-31-24-33(43-26-29-10-6-4-7-11-29)18-21-38(31,2)35(34)19-22-39(36,40)3/h4-13,15,17,20,23,25,31,33-36H,14,16,18-19,21-22,24,26-27H2,1-3H3/t31-,33+,34-,35+,36+,38+,39+,40-/m1/s1. The van der Waals surface area contributed by atoms with E-state index in [1.54, 1.807) is 0 Å². The Balaban J connectivity index is 1.07. The topological polar surface area (TPSA) is 57.7 Å². The Labute approximate surface area is 268 Å². The summed E-state index contributed by atoms with van der Waals surface area (Å²) in [6, 6.07) is 24.7. The van der Waals surface area contributed by atoms with Crippen molar-refractivity contribution in [3.8, 4) is 5.88 Å². The minimum Gasteiger partial charge on any atom is -0.473 e. The number of pyridine rings is 1. The van der Waals surface area contributed by atoms with Crippen LogP contribution in [-0.4, -0.2) is 17.1 Å². The molecule has 4 aliphatic carbocycles. The van der Waals surface area contributed by atoms with Crippen LogP contribution in [0.15, 0.2) is 91.1 Å². The number of benzene rings is 2. The van der Waals surface area contributed by atoms with Crippen LogP contribution in [0.2, 0.25) is 0 Å². The van der Waals surface area contributed by atoms with Gasteiger partial charge in [0.2, 0.25) is 5.88 Å². The number of hydrogen-bond acceptors (Lipinski definition) is 5. The van der Waals surface area contributed by atoms with Crippen LogP contribution < -0.4 is 4.74 Å². The molecular formula is C40H47NO4. The second kappa shape index (κ2) is 12.1. The maximum atomic E-state index is 12.7. The zero-order valence-corrected chi connectivity index (χ0v) is 27.0. The molecule has 7 rings (SSSR count). The molecule has 236 valence electrons. The van der Waals surface area contributed by atoms with Gasteiger partial charge in [-0.05, 0) is 97.3 Å². The summed E-state index contributed by atoms with van der Waals surface area (Å²) in [6.07, 6.45) is 15.0. The second-order valence-corrected chi connectivity index (χ2v) is 14.6. The number of esters is 1. The van der Waals surface area contributed by atoms with Gasteiger partial charge in [0.15, 0.2) is 5.60 Å². The molecule has 1 heterocycles. The molecule has 0 bridgehead atoms. The lowest BCUT2D eigenvalue weighted by molar-refractivity contribution is -0.186. The van der Waals surface area contributed by atoms with Gasteiger partial charge in [0, 0.05) is 30.2 Å². The summed E-state index contributed by atoms with van der Waals surface area (Å²) >= 11 is 0. The maximum absolute atomic E-state index is 12.7. The minimum absolute atomic E-state index is 0.229. The molecule has 8 atom stereocenters. The lowest BCUT2D eigenvalue weighted by Crippen LogP contribution is -2.57. The fourth-order valence-electron chi connectivity index (χ4n) is 9.90. The van der Waals surface area contributed by atoms with Gasteiger partial charge in [-0.3, -0.25) is 4.79 Å². The summed E-state index contributed by atoms with van der Waals surface area (Å²) in [5.41, 5.74) is 2.56. The fourth-order valence-corrected chi connectivity index (χ4v) is 9.90. The van der Waals surface area contributed by atoms with E-state index in [4.69, 9.17) is 14.2 Å². The molecule has 3 fully saturated rings. The van der Waals surface area contributed by atoms with E-state index >= 15 is 0 Å². The number of carbonyl (C=O) groups excluding carboxylic acids is 1. The molecule has 3 aromatic rings. The van der Waals surface area contributed by atoms with Crippen molar-refractivity contribution in [2.45, 2.75) is 90.6 Å². The molecule has 45 heavy (non-hydrogen) atoms. The Morgan fingerprint density at radius 2 is 1.60 bits per heavy atom. The van der Waals surface area contributed by atoms with Crippen molar-refractivity contribution >= 4 is 5.97 Å². The predicted molar refractivity (Wildman–Crippen MR) is 175 cm³/mol. The first kappa shape index (κ1) is 30.2. The Bertz CT molecular complexity index is 1510. The Hall–Kier alpha value is -3.44. The molecule has 4 aliphatic rings. The van der Waals surface area contributed by atoms with Crippen molar-refractivity contribution < 1.29 is 19.0 Å². The average Bonchev–Trinajstić information content (AvgIpc) is 3.36. The van der Waals surface area contributed by atoms with Crippen molar-refractivity contribution in [1.82, 2.24) is 4.98 Å². The van der Waals surface area contributed by atoms with E-state index < -0.39 is 5.60 Å². The number of aromatic nitrogens is 1. The minimum atomic E-state index is -0.833. The predicted octanol–water partition coefficient (Wildman–Crippen LogP) is 8.82. The van der Waals surface area contributed by atoms with E-state index in [1.165, 1.54) is 38.2 Å². The van der Waals surface area contributed by atoms with Gasteiger partial charge >= 0.3 is 5.97 Å². The van der Waals surface area contributed by atoms with E-state index in [-0.39, 0.29) is 11.4 Å². The first-order chi connectivity index (χ1) is 21.8. The van der Waals surface area contributed by atoms with E-state index in [9.17, 15) is 4.79 Å². The molecule has 0 aliphatic heterocycles. The Morgan fingerprint density at radius 1 is 0.867 bits per heavy atom. The molecule has 3 saturated carbocycles. The van der Waals surface area contributed by atoms with Gasteiger partial charge in [0.1, 0.15) is 6.61 Å². The first-order valence-electron chi connectivity index (χ1n) is 17.0. The lowest BCUT2D eigenvalue weighted by Gasteiger charge is -2.62. The highest BCUT2D eigenvalue weighted by Crippen LogP contribution is 2.69. The van der Waals surface area contributed by atoms with Gasteiger partial charge in [-0.25, -0.2) is 4.98 Å². The number of nitrogens with zero attached hydrogens (tertiary/aromatic N) is 1. The first-order valence-corrected chi connectivity index (χ1v) is 17.0. The normalized spacial score (nSPS) is 35.1. The smallest absolute Gasteiger partial charge is 0.303 e. The highest BCUT2D eigenvalue weighted by Gasteiger charge is 2.65. The average molecular weight is 606 g/mol. The van der Waals surface area contributed by atoms with Gasteiger partial charge in [-0.2, -0.15) is 0 Å². The van der Waals surface area contributed by atoms with Crippen LogP contribution in [0, 0.1) is 34.5 Å². The third kappa shape index (κ3) is 5.41. The molecule has 0 N–H and O–H groups in total. The van der Waals surface area contributed by atoms with Crippen molar-refractivity contribution in [3.63, 3.8) is 0 Å². The summed E-state index contributed by atoms with van der Waals surface area (Å²) in [5, 5.41) is 0. The largest absolute Gasteiger partial charge is 0.473 e. The zero-order chi connectivity index (χ0) is 31.1. The summed E-state index contributed by atoms with van der Waals surface area (Å²) in [7, 11) is 0. The van der Waals surface area contributed by atoms with Gasteiger partial charge in [-0.15, -0.1) is 0 Å². The van der Waals surface area contributed by atoms with Crippen LogP contribution >= 0.6 is 0 Å². The molecule has 0 radical (unpaired) electrons.